The molecule has 1 aromatic carbocycles. The molecule has 0 unspecified atom stereocenters. The first-order chi connectivity index (χ1) is 7.51. The van der Waals surface area contributed by atoms with Gasteiger partial charge in [-0.25, -0.2) is 4.79 Å². The van der Waals surface area contributed by atoms with Crippen molar-refractivity contribution < 1.29 is 14.6 Å². The Morgan fingerprint density at radius 3 is 2.50 bits per heavy atom. The number of methoxy groups -OCH3 is 1. The lowest BCUT2D eigenvalue weighted by Gasteiger charge is -2.12. The Balaban J connectivity index is 3.48. The molecule has 0 spiro atoms. The third-order valence-corrected chi connectivity index (χ3v) is 2.34. The smallest absolute Gasteiger partial charge is 0.339 e. The molecule has 0 amide bonds. The number of nitrogens with zero attached hydrogens (tertiary/aromatic N) is 1. The van der Waals surface area contributed by atoms with Crippen molar-refractivity contribution in [2.45, 2.75) is 19.8 Å². The summed E-state index contributed by atoms with van der Waals surface area (Å²) in [6, 6.07) is 4.98. The van der Waals surface area contributed by atoms with Crippen molar-refractivity contribution in [3.63, 3.8) is 0 Å². The van der Waals surface area contributed by atoms with Crippen molar-refractivity contribution in [1.82, 2.24) is 0 Å². The van der Waals surface area contributed by atoms with Crippen LogP contribution in [0.4, 0.5) is 0 Å². The van der Waals surface area contributed by atoms with Crippen LogP contribution in [0.1, 0.15) is 41.3 Å². The fourth-order valence-corrected chi connectivity index (χ4v) is 1.51. The summed E-state index contributed by atoms with van der Waals surface area (Å²) in [6.45, 7) is 3.88. The van der Waals surface area contributed by atoms with Crippen molar-refractivity contribution in [3.05, 3.63) is 28.8 Å². The fourth-order valence-electron chi connectivity index (χ4n) is 1.51. The summed E-state index contributed by atoms with van der Waals surface area (Å²) >= 11 is 0. The van der Waals surface area contributed by atoms with E-state index in [9.17, 15) is 4.79 Å². The average molecular weight is 219 g/mol. The highest BCUT2D eigenvalue weighted by Crippen LogP contribution is 2.28. The molecule has 0 fully saturated rings. The Morgan fingerprint density at radius 1 is 1.50 bits per heavy atom. The van der Waals surface area contributed by atoms with Crippen LogP contribution in [-0.2, 0) is 0 Å². The largest absolute Gasteiger partial charge is 0.496 e. The molecule has 16 heavy (non-hydrogen) atoms. The second kappa shape index (κ2) is 4.67. The van der Waals surface area contributed by atoms with Crippen LogP contribution in [0, 0.1) is 11.3 Å². The van der Waals surface area contributed by atoms with Crippen molar-refractivity contribution >= 4 is 5.97 Å². The molecule has 0 atom stereocenters. The zero-order chi connectivity index (χ0) is 12.3. The fraction of sp³-hybridized carbons (Fsp3) is 0.333. The van der Waals surface area contributed by atoms with Crippen LogP contribution in [-0.4, -0.2) is 18.2 Å². The maximum absolute atomic E-state index is 10.9. The monoisotopic (exact) mass is 219 g/mol. The third-order valence-electron chi connectivity index (χ3n) is 2.34. The molecule has 0 aliphatic heterocycles. The molecule has 0 bridgehead atoms. The predicted molar refractivity (Wildman–Crippen MR) is 58.8 cm³/mol. The zero-order valence-electron chi connectivity index (χ0n) is 9.44. The molecule has 4 heteroatoms. The summed E-state index contributed by atoms with van der Waals surface area (Å²) in [5.74, 6) is -0.662. The molecule has 0 heterocycles. The number of ether oxygens (including phenoxy) is 1. The molecule has 0 aromatic heterocycles. The van der Waals surface area contributed by atoms with E-state index >= 15 is 0 Å². The van der Waals surface area contributed by atoms with E-state index in [1.807, 2.05) is 19.9 Å². The maximum Gasteiger partial charge on any atom is 0.339 e. The van der Waals surface area contributed by atoms with Crippen molar-refractivity contribution in [3.8, 4) is 11.8 Å². The number of carboxylic acid groups (broad SMARTS) is 1. The molecule has 1 aromatic rings. The first kappa shape index (κ1) is 12.1. The molecular formula is C12H13NO3. The lowest BCUT2D eigenvalue weighted by molar-refractivity contribution is 0.0693. The van der Waals surface area contributed by atoms with Gasteiger partial charge in [0.05, 0.1) is 18.7 Å². The van der Waals surface area contributed by atoms with Crippen molar-refractivity contribution in [1.29, 1.82) is 5.26 Å². The van der Waals surface area contributed by atoms with E-state index in [0.29, 0.717) is 5.56 Å². The summed E-state index contributed by atoms with van der Waals surface area (Å²) < 4.78 is 5.01. The summed E-state index contributed by atoms with van der Waals surface area (Å²) in [7, 11) is 1.41. The minimum absolute atomic E-state index is 0.0171. The first-order valence-electron chi connectivity index (χ1n) is 4.86. The van der Waals surface area contributed by atoms with E-state index in [4.69, 9.17) is 15.1 Å². The second-order valence-electron chi connectivity index (χ2n) is 3.71. The SMILES string of the molecule is COc1cc(C(C)C)c(C#N)cc1C(=O)O. The van der Waals surface area contributed by atoms with E-state index in [-0.39, 0.29) is 17.2 Å². The molecule has 1 rings (SSSR count). The van der Waals surface area contributed by atoms with Crippen molar-refractivity contribution in [2.75, 3.05) is 7.11 Å². The molecule has 84 valence electrons. The number of rotatable bonds is 3. The van der Waals surface area contributed by atoms with Gasteiger partial charge in [-0.3, -0.25) is 0 Å². The average Bonchev–Trinajstić information content (AvgIpc) is 2.26. The summed E-state index contributed by atoms with van der Waals surface area (Å²) in [4.78, 5) is 10.9. The Labute approximate surface area is 94.1 Å². The Bertz CT molecular complexity index is 458. The quantitative estimate of drug-likeness (QED) is 0.847. The van der Waals surface area contributed by atoms with Gasteiger partial charge >= 0.3 is 5.97 Å². The molecule has 4 nitrogen and oxygen atoms in total. The summed E-state index contributed by atoms with van der Waals surface area (Å²) in [5.41, 5.74) is 1.20. The van der Waals surface area contributed by atoms with Gasteiger partial charge in [0, 0.05) is 0 Å². The Kier molecular flexibility index (Phi) is 3.51. The van der Waals surface area contributed by atoms with Crippen molar-refractivity contribution in [2.24, 2.45) is 0 Å². The van der Waals surface area contributed by atoms with Crippen LogP contribution in [0.5, 0.6) is 5.75 Å². The molecule has 1 N–H and O–H groups in total. The number of benzene rings is 1. The molecular weight excluding hydrogens is 206 g/mol. The number of hydrogen-bond acceptors (Lipinski definition) is 3. The highest BCUT2D eigenvalue weighted by Gasteiger charge is 2.16. The van der Waals surface area contributed by atoms with Gasteiger partial charge < -0.3 is 9.84 Å². The van der Waals surface area contributed by atoms with Gasteiger partial charge in [-0.15, -0.1) is 0 Å². The standard InChI is InChI=1S/C12H13NO3/c1-7(2)9-5-11(16-3)10(12(14)15)4-8(9)6-13/h4-5,7H,1-3H3,(H,14,15). The lowest BCUT2D eigenvalue weighted by atomic mass is 9.95. The van der Waals surface area contributed by atoms with E-state index in [1.54, 1.807) is 6.07 Å². The van der Waals surface area contributed by atoms with Crippen LogP contribution in [0.2, 0.25) is 0 Å². The highest BCUT2D eigenvalue weighted by molar-refractivity contribution is 5.91. The lowest BCUT2D eigenvalue weighted by Crippen LogP contribution is -2.04. The summed E-state index contributed by atoms with van der Waals surface area (Å²) in [6.07, 6.45) is 0. The minimum Gasteiger partial charge on any atom is -0.496 e. The van der Waals surface area contributed by atoms with Gasteiger partial charge in [0.2, 0.25) is 0 Å². The van der Waals surface area contributed by atoms with Gasteiger partial charge in [-0.05, 0) is 23.6 Å². The molecule has 0 aliphatic carbocycles. The van der Waals surface area contributed by atoms with E-state index < -0.39 is 5.97 Å². The van der Waals surface area contributed by atoms with Gasteiger partial charge in [-0.1, -0.05) is 13.8 Å². The maximum atomic E-state index is 10.9. The summed E-state index contributed by atoms with van der Waals surface area (Å²) in [5, 5.41) is 17.9. The zero-order valence-corrected chi connectivity index (χ0v) is 9.44. The molecule has 0 radical (unpaired) electrons. The van der Waals surface area contributed by atoms with Gasteiger partial charge in [0.25, 0.3) is 0 Å². The Hall–Kier alpha value is -2.02. The van der Waals surface area contributed by atoms with Crippen LogP contribution < -0.4 is 4.74 Å². The number of nitriles is 1. The second-order valence-corrected chi connectivity index (χ2v) is 3.71. The van der Waals surface area contributed by atoms with E-state index in [2.05, 4.69) is 0 Å². The molecule has 0 aliphatic rings. The first-order valence-corrected chi connectivity index (χ1v) is 4.86. The number of hydrogen-bond donors (Lipinski definition) is 1. The normalized spacial score (nSPS) is 9.94. The minimum atomic E-state index is -1.09. The van der Waals surface area contributed by atoms with Crippen LogP contribution in [0.3, 0.4) is 0 Å². The predicted octanol–water partition coefficient (Wildman–Crippen LogP) is 2.39. The van der Waals surface area contributed by atoms with Crippen LogP contribution in [0.15, 0.2) is 12.1 Å². The van der Waals surface area contributed by atoms with Gasteiger partial charge in [0.1, 0.15) is 11.3 Å². The number of aromatic carboxylic acids is 1. The highest BCUT2D eigenvalue weighted by atomic mass is 16.5. The molecule has 0 saturated heterocycles. The van der Waals surface area contributed by atoms with Crippen LogP contribution in [0.25, 0.3) is 0 Å². The third kappa shape index (κ3) is 2.14. The topological polar surface area (TPSA) is 70.3 Å². The van der Waals surface area contributed by atoms with E-state index in [0.717, 1.165) is 5.56 Å². The van der Waals surface area contributed by atoms with Crippen LogP contribution >= 0.6 is 0 Å². The Morgan fingerprint density at radius 2 is 2.12 bits per heavy atom. The number of carbonyl (C=O) groups is 1. The van der Waals surface area contributed by atoms with Gasteiger partial charge in [0.15, 0.2) is 0 Å². The molecule has 0 saturated carbocycles. The van der Waals surface area contributed by atoms with Gasteiger partial charge in [-0.2, -0.15) is 5.26 Å². The number of carboxylic acids is 1. The van der Waals surface area contributed by atoms with E-state index in [1.165, 1.54) is 13.2 Å².